The summed E-state index contributed by atoms with van der Waals surface area (Å²) in [5.74, 6) is 0.941. The van der Waals surface area contributed by atoms with E-state index < -0.39 is 7.12 Å². The molecule has 2 saturated heterocycles. The fourth-order valence-corrected chi connectivity index (χ4v) is 6.86. The molecule has 1 aromatic rings. The third-order valence-corrected chi connectivity index (χ3v) is 9.29. The van der Waals surface area contributed by atoms with Gasteiger partial charge >= 0.3 is 13.2 Å². The van der Waals surface area contributed by atoms with Gasteiger partial charge in [0, 0.05) is 6.04 Å². The van der Waals surface area contributed by atoms with Crippen molar-refractivity contribution in [1.29, 1.82) is 0 Å². The molecule has 6 nitrogen and oxygen atoms in total. The Kier molecular flexibility index (Phi) is 6.73. The van der Waals surface area contributed by atoms with Crippen molar-refractivity contribution in [3.63, 3.8) is 0 Å². The number of hydrogen-bond acceptors (Lipinski definition) is 5. The first kappa shape index (κ1) is 24.1. The Hall–Kier alpha value is -1.57. The Balaban J connectivity index is 1.25. The SMILES string of the molecule is Cc1ccc(CC[C@H](NC(=O)OC[C@H]2CCCCN2)B2O[C@@H]3C[C@@H]4C[C@@H](C4(C)C)[C@]3(C)O2)cc1. The van der Waals surface area contributed by atoms with Crippen LogP contribution in [0.3, 0.4) is 0 Å². The van der Waals surface area contributed by atoms with E-state index in [4.69, 9.17) is 14.0 Å². The monoisotopic (exact) mass is 468 g/mol. The highest BCUT2D eigenvalue weighted by Crippen LogP contribution is 2.65. The van der Waals surface area contributed by atoms with E-state index >= 15 is 0 Å². The van der Waals surface area contributed by atoms with Crippen molar-refractivity contribution in [3.8, 4) is 0 Å². The second-order valence-electron chi connectivity index (χ2n) is 11.9. The normalized spacial score (nSPS) is 34.6. The van der Waals surface area contributed by atoms with Crippen molar-refractivity contribution < 1.29 is 18.8 Å². The number of alkyl carbamates (subject to hydrolysis) is 1. The average molecular weight is 468 g/mol. The molecule has 0 radical (unpaired) electrons. The van der Waals surface area contributed by atoms with Gasteiger partial charge in [0.05, 0.1) is 17.6 Å². The molecule has 2 aliphatic heterocycles. The lowest BCUT2D eigenvalue weighted by molar-refractivity contribution is -0.199. The van der Waals surface area contributed by atoms with Crippen LogP contribution in [0.1, 0.15) is 70.4 Å². The van der Waals surface area contributed by atoms with E-state index in [9.17, 15) is 4.79 Å². The summed E-state index contributed by atoms with van der Waals surface area (Å²) in [6.07, 6.45) is 6.99. The van der Waals surface area contributed by atoms with Crippen LogP contribution in [-0.2, 0) is 20.5 Å². The van der Waals surface area contributed by atoms with Crippen molar-refractivity contribution in [3.05, 3.63) is 35.4 Å². The molecule has 0 spiro atoms. The molecule has 5 aliphatic rings. The summed E-state index contributed by atoms with van der Waals surface area (Å²) in [5.41, 5.74) is 2.50. The van der Waals surface area contributed by atoms with Crippen molar-refractivity contribution in [2.75, 3.05) is 13.2 Å². The first-order valence-electron chi connectivity index (χ1n) is 13.3. The summed E-state index contributed by atoms with van der Waals surface area (Å²) in [7, 11) is -0.448. The number of rotatable bonds is 7. The molecular weight excluding hydrogens is 427 g/mol. The molecule has 1 aromatic carbocycles. The molecule has 3 saturated carbocycles. The Labute approximate surface area is 205 Å². The lowest BCUT2D eigenvalue weighted by Gasteiger charge is -2.64. The van der Waals surface area contributed by atoms with Crippen LogP contribution in [0, 0.1) is 24.2 Å². The quantitative estimate of drug-likeness (QED) is 0.580. The van der Waals surface area contributed by atoms with Gasteiger partial charge in [-0.25, -0.2) is 4.79 Å². The van der Waals surface area contributed by atoms with E-state index in [0.717, 1.165) is 32.2 Å². The largest absolute Gasteiger partial charge is 0.481 e. The number of ether oxygens (including phenoxy) is 1. The maximum absolute atomic E-state index is 12.8. The zero-order valence-electron chi connectivity index (χ0n) is 21.3. The van der Waals surface area contributed by atoms with E-state index in [2.05, 4.69) is 62.6 Å². The first-order valence-corrected chi connectivity index (χ1v) is 13.3. The Morgan fingerprint density at radius 3 is 2.74 bits per heavy atom. The summed E-state index contributed by atoms with van der Waals surface area (Å²) in [5, 5.41) is 6.55. The minimum atomic E-state index is -0.448. The van der Waals surface area contributed by atoms with E-state index in [1.54, 1.807) is 0 Å². The van der Waals surface area contributed by atoms with Crippen LogP contribution in [0.25, 0.3) is 0 Å². The summed E-state index contributed by atoms with van der Waals surface area (Å²) in [6, 6.07) is 8.84. The third-order valence-electron chi connectivity index (χ3n) is 9.29. The van der Waals surface area contributed by atoms with E-state index in [0.29, 0.717) is 23.9 Å². The molecule has 2 heterocycles. The molecule has 34 heavy (non-hydrogen) atoms. The minimum absolute atomic E-state index is 0.0976. The number of benzene rings is 1. The minimum Gasteiger partial charge on any atom is -0.448 e. The van der Waals surface area contributed by atoms with Gasteiger partial charge in [0.15, 0.2) is 0 Å². The van der Waals surface area contributed by atoms with Gasteiger partial charge in [-0.3, -0.25) is 0 Å². The van der Waals surface area contributed by atoms with Gasteiger partial charge in [-0.2, -0.15) is 0 Å². The van der Waals surface area contributed by atoms with Crippen molar-refractivity contribution in [2.45, 2.75) is 96.3 Å². The van der Waals surface area contributed by atoms with E-state index in [-0.39, 0.29) is 29.8 Å². The molecule has 6 atom stereocenters. The van der Waals surface area contributed by atoms with E-state index in [1.165, 1.54) is 30.4 Å². The highest BCUT2D eigenvalue weighted by Gasteiger charge is 2.68. The fraction of sp³-hybridized carbons (Fsp3) is 0.741. The number of carbonyl (C=O) groups excluding carboxylic acids is 1. The van der Waals surface area contributed by atoms with Crippen molar-refractivity contribution >= 4 is 13.2 Å². The van der Waals surface area contributed by atoms with Crippen molar-refractivity contribution in [2.24, 2.45) is 17.3 Å². The van der Waals surface area contributed by atoms with Gasteiger partial charge in [-0.1, -0.05) is 50.1 Å². The maximum Gasteiger partial charge on any atom is 0.481 e. The van der Waals surface area contributed by atoms with Gasteiger partial charge in [0.25, 0.3) is 0 Å². The standard InChI is InChI=1S/C27H41BN2O4/c1-18-8-10-19(11-9-18)12-13-24(30-25(31)32-17-21-7-5-6-14-29-21)28-33-23-16-20-15-22(26(20,2)3)27(23,4)34-28/h8-11,20-24,29H,5-7,12-17H2,1-4H3,(H,30,31)/t20-,21+,22-,23+,24-,27-/m0/s1. The number of carbonyl (C=O) groups is 1. The molecule has 0 unspecified atom stereocenters. The van der Waals surface area contributed by atoms with Gasteiger partial charge in [0.1, 0.15) is 6.61 Å². The summed E-state index contributed by atoms with van der Waals surface area (Å²) in [6.45, 7) is 10.5. The van der Waals surface area contributed by atoms with Crippen LogP contribution < -0.4 is 10.6 Å². The molecule has 2 N–H and O–H groups in total. The zero-order valence-corrected chi connectivity index (χ0v) is 21.3. The molecule has 6 rings (SSSR count). The number of nitrogens with one attached hydrogen (secondary N) is 2. The summed E-state index contributed by atoms with van der Waals surface area (Å²) in [4.78, 5) is 12.8. The van der Waals surface area contributed by atoms with Crippen LogP contribution in [0.4, 0.5) is 4.79 Å². The molecule has 0 aromatic heterocycles. The van der Waals surface area contributed by atoms with Gasteiger partial charge in [-0.05, 0) is 81.7 Å². The van der Waals surface area contributed by atoms with Crippen LogP contribution in [0.2, 0.25) is 0 Å². The lowest BCUT2D eigenvalue weighted by atomic mass is 9.43. The van der Waals surface area contributed by atoms with E-state index in [1.807, 2.05) is 0 Å². The predicted octanol–water partition coefficient (Wildman–Crippen LogP) is 4.43. The van der Waals surface area contributed by atoms with Crippen LogP contribution in [0.5, 0.6) is 0 Å². The number of hydrogen-bond donors (Lipinski definition) is 2. The highest BCUT2D eigenvalue weighted by molar-refractivity contribution is 6.47. The van der Waals surface area contributed by atoms with Crippen LogP contribution >= 0.6 is 0 Å². The molecule has 3 aliphatic carbocycles. The Morgan fingerprint density at radius 2 is 2.03 bits per heavy atom. The topological polar surface area (TPSA) is 68.8 Å². The summed E-state index contributed by atoms with van der Waals surface area (Å²) < 4.78 is 18.8. The Bertz CT molecular complexity index is 872. The second kappa shape index (κ2) is 9.48. The number of amides is 1. The summed E-state index contributed by atoms with van der Waals surface area (Å²) >= 11 is 0. The molecule has 5 fully saturated rings. The molecule has 1 amide bonds. The van der Waals surface area contributed by atoms with Gasteiger partial charge < -0.3 is 24.7 Å². The maximum atomic E-state index is 12.8. The fourth-order valence-electron chi connectivity index (χ4n) is 6.86. The Morgan fingerprint density at radius 1 is 1.24 bits per heavy atom. The smallest absolute Gasteiger partial charge is 0.448 e. The van der Waals surface area contributed by atoms with Gasteiger partial charge in [0.2, 0.25) is 0 Å². The second-order valence-corrected chi connectivity index (χ2v) is 11.9. The highest BCUT2D eigenvalue weighted by atomic mass is 16.7. The van der Waals surface area contributed by atoms with Gasteiger partial charge in [-0.15, -0.1) is 0 Å². The average Bonchev–Trinajstić information content (AvgIpc) is 3.19. The van der Waals surface area contributed by atoms with Crippen molar-refractivity contribution in [1.82, 2.24) is 10.6 Å². The molecule has 7 heteroatoms. The van der Waals surface area contributed by atoms with Crippen LogP contribution in [-0.4, -0.2) is 50.1 Å². The predicted molar refractivity (Wildman–Crippen MR) is 134 cm³/mol. The third kappa shape index (κ3) is 4.63. The zero-order chi connectivity index (χ0) is 23.9. The number of aryl methyl sites for hydroxylation is 2. The van der Waals surface area contributed by atoms with Crippen LogP contribution in [0.15, 0.2) is 24.3 Å². The molecule has 186 valence electrons. The first-order chi connectivity index (χ1) is 16.3. The lowest BCUT2D eigenvalue weighted by Crippen LogP contribution is -2.65. The molecular formula is C27H41BN2O4. The number of piperidine rings is 1. The molecule has 2 bridgehead atoms.